The molecular formula is C17H18N4O3. The number of aryl methyl sites for hydroxylation is 1. The van der Waals surface area contributed by atoms with E-state index in [-0.39, 0.29) is 18.4 Å². The van der Waals surface area contributed by atoms with E-state index in [4.69, 9.17) is 14.5 Å². The van der Waals surface area contributed by atoms with Crippen molar-refractivity contribution in [2.24, 2.45) is 0 Å². The Morgan fingerprint density at radius 1 is 1.46 bits per heavy atom. The van der Waals surface area contributed by atoms with E-state index in [2.05, 4.69) is 10.1 Å². The summed E-state index contributed by atoms with van der Waals surface area (Å²) < 4.78 is 10.5. The first-order chi connectivity index (χ1) is 11.7. The highest BCUT2D eigenvalue weighted by Crippen LogP contribution is 2.25. The van der Waals surface area contributed by atoms with Crippen LogP contribution in [-0.4, -0.2) is 40.6 Å². The van der Waals surface area contributed by atoms with Crippen LogP contribution >= 0.6 is 0 Å². The lowest BCUT2D eigenvalue weighted by Crippen LogP contribution is -2.41. The Morgan fingerprint density at radius 2 is 2.25 bits per heavy atom. The Labute approximate surface area is 139 Å². The third kappa shape index (κ3) is 3.71. The maximum Gasteiger partial charge on any atom is 0.260 e. The van der Waals surface area contributed by atoms with Crippen molar-refractivity contribution in [2.45, 2.75) is 25.7 Å². The number of likely N-dealkylation sites (tertiary alicyclic amines) is 1. The van der Waals surface area contributed by atoms with Gasteiger partial charge in [0, 0.05) is 25.9 Å². The molecule has 2 heterocycles. The molecule has 0 spiro atoms. The number of nitrogens with zero attached hydrogens (tertiary/aromatic N) is 4. The summed E-state index contributed by atoms with van der Waals surface area (Å²) in [5.74, 6) is 1.82. The van der Waals surface area contributed by atoms with E-state index in [9.17, 15) is 4.79 Å². The van der Waals surface area contributed by atoms with Gasteiger partial charge in [0.05, 0.1) is 11.6 Å². The molecule has 7 heteroatoms. The topological polar surface area (TPSA) is 92.2 Å². The number of hydrogen-bond donors (Lipinski definition) is 0. The van der Waals surface area contributed by atoms with Crippen LogP contribution < -0.4 is 4.74 Å². The molecule has 1 aromatic carbocycles. The van der Waals surface area contributed by atoms with E-state index in [1.165, 1.54) is 0 Å². The predicted molar refractivity (Wildman–Crippen MR) is 84.2 cm³/mol. The predicted octanol–water partition coefficient (Wildman–Crippen LogP) is 2.03. The number of ether oxygens (including phenoxy) is 1. The molecule has 1 saturated heterocycles. The average molecular weight is 326 g/mol. The van der Waals surface area contributed by atoms with Gasteiger partial charge < -0.3 is 14.2 Å². The molecule has 0 bridgehead atoms. The lowest BCUT2D eigenvalue weighted by atomic mass is 9.97. The quantitative estimate of drug-likeness (QED) is 0.853. The lowest BCUT2D eigenvalue weighted by molar-refractivity contribution is -0.134. The van der Waals surface area contributed by atoms with Gasteiger partial charge in [-0.2, -0.15) is 10.2 Å². The third-order valence-corrected chi connectivity index (χ3v) is 4.03. The molecule has 1 aliphatic rings. The van der Waals surface area contributed by atoms with Gasteiger partial charge in [-0.25, -0.2) is 0 Å². The van der Waals surface area contributed by atoms with Crippen LogP contribution in [0.4, 0.5) is 0 Å². The molecule has 1 amide bonds. The highest BCUT2D eigenvalue weighted by Gasteiger charge is 2.27. The van der Waals surface area contributed by atoms with Gasteiger partial charge in [0.1, 0.15) is 5.75 Å². The highest BCUT2D eigenvalue weighted by molar-refractivity contribution is 5.78. The minimum Gasteiger partial charge on any atom is -0.484 e. The van der Waals surface area contributed by atoms with Crippen LogP contribution in [0.5, 0.6) is 5.75 Å². The number of amides is 1. The molecule has 0 unspecified atom stereocenters. The van der Waals surface area contributed by atoms with Crippen LogP contribution in [0.2, 0.25) is 0 Å². The van der Waals surface area contributed by atoms with E-state index >= 15 is 0 Å². The van der Waals surface area contributed by atoms with Crippen LogP contribution in [0.1, 0.15) is 36.0 Å². The first-order valence-electron chi connectivity index (χ1n) is 7.86. The van der Waals surface area contributed by atoms with Crippen molar-refractivity contribution in [3.63, 3.8) is 0 Å². The summed E-state index contributed by atoms with van der Waals surface area (Å²) in [6.45, 7) is 3.02. The summed E-state index contributed by atoms with van der Waals surface area (Å²) in [7, 11) is 0. The second kappa shape index (κ2) is 7.13. The number of carbonyl (C=O) groups excluding carboxylic acids is 1. The zero-order chi connectivity index (χ0) is 16.9. The van der Waals surface area contributed by atoms with Crippen LogP contribution in [0, 0.1) is 18.3 Å². The van der Waals surface area contributed by atoms with Crippen molar-refractivity contribution in [1.82, 2.24) is 15.0 Å². The fourth-order valence-corrected chi connectivity index (χ4v) is 2.76. The highest BCUT2D eigenvalue weighted by atomic mass is 16.5. The maximum atomic E-state index is 12.4. The molecule has 0 radical (unpaired) electrons. The number of hydrogen-bond acceptors (Lipinski definition) is 6. The number of nitriles is 1. The molecule has 3 rings (SSSR count). The Kier molecular flexibility index (Phi) is 4.75. The molecular weight excluding hydrogens is 308 g/mol. The van der Waals surface area contributed by atoms with Gasteiger partial charge in [-0.05, 0) is 37.1 Å². The van der Waals surface area contributed by atoms with Gasteiger partial charge in [0.2, 0.25) is 5.89 Å². The molecule has 1 fully saturated rings. The van der Waals surface area contributed by atoms with Crippen molar-refractivity contribution in [1.29, 1.82) is 5.26 Å². The summed E-state index contributed by atoms with van der Waals surface area (Å²) in [5, 5.41) is 12.7. The summed E-state index contributed by atoms with van der Waals surface area (Å²) in [5.41, 5.74) is 0.558. The molecule has 7 nitrogen and oxygen atoms in total. The molecule has 124 valence electrons. The second-order valence-corrected chi connectivity index (χ2v) is 5.78. The molecule has 1 aromatic heterocycles. The normalized spacial score (nSPS) is 17.3. The molecule has 24 heavy (non-hydrogen) atoms. The van der Waals surface area contributed by atoms with Crippen LogP contribution in [0.3, 0.4) is 0 Å². The van der Waals surface area contributed by atoms with Gasteiger partial charge in [0.15, 0.2) is 12.4 Å². The number of rotatable bonds is 4. The Morgan fingerprint density at radius 3 is 2.92 bits per heavy atom. The van der Waals surface area contributed by atoms with Crippen molar-refractivity contribution >= 4 is 5.91 Å². The van der Waals surface area contributed by atoms with E-state index in [1.807, 2.05) is 6.07 Å². The van der Waals surface area contributed by atoms with Crippen molar-refractivity contribution in [3.05, 3.63) is 41.5 Å². The van der Waals surface area contributed by atoms with Crippen molar-refractivity contribution in [2.75, 3.05) is 19.7 Å². The second-order valence-electron chi connectivity index (χ2n) is 5.78. The van der Waals surface area contributed by atoms with E-state index in [0.717, 1.165) is 12.8 Å². The zero-order valence-corrected chi connectivity index (χ0v) is 13.4. The van der Waals surface area contributed by atoms with Gasteiger partial charge in [-0.15, -0.1) is 0 Å². The van der Waals surface area contributed by atoms with E-state index in [0.29, 0.717) is 36.1 Å². The van der Waals surface area contributed by atoms with Gasteiger partial charge >= 0.3 is 0 Å². The molecule has 0 aliphatic carbocycles. The van der Waals surface area contributed by atoms with Crippen LogP contribution in [0.15, 0.2) is 28.8 Å². The number of aromatic nitrogens is 2. The van der Waals surface area contributed by atoms with Crippen molar-refractivity contribution < 1.29 is 14.1 Å². The molecule has 1 aliphatic heterocycles. The Bertz CT molecular complexity index is 748. The van der Waals surface area contributed by atoms with Crippen LogP contribution in [-0.2, 0) is 4.79 Å². The number of piperidine rings is 1. The zero-order valence-electron chi connectivity index (χ0n) is 13.4. The smallest absolute Gasteiger partial charge is 0.260 e. The summed E-state index contributed by atoms with van der Waals surface area (Å²) in [6, 6.07) is 8.74. The summed E-state index contributed by atoms with van der Waals surface area (Å²) >= 11 is 0. The third-order valence-electron chi connectivity index (χ3n) is 4.03. The van der Waals surface area contributed by atoms with E-state index < -0.39 is 0 Å². The first-order valence-corrected chi connectivity index (χ1v) is 7.86. The maximum absolute atomic E-state index is 12.4. The SMILES string of the molecule is Cc1nc([C@@H]2CCCN(C(=O)COc3ccc(C#N)cc3)C2)no1. The first kappa shape index (κ1) is 16.0. The van der Waals surface area contributed by atoms with Crippen LogP contribution in [0.25, 0.3) is 0 Å². The number of carbonyl (C=O) groups is 1. The van der Waals surface area contributed by atoms with Gasteiger partial charge in [-0.1, -0.05) is 5.16 Å². The number of benzene rings is 1. The Hall–Kier alpha value is -2.88. The van der Waals surface area contributed by atoms with Crippen molar-refractivity contribution in [3.8, 4) is 11.8 Å². The Balaban J connectivity index is 1.55. The fraction of sp³-hybridized carbons (Fsp3) is 0.412. The largest absolute Gasteiger partial charge is 0.484 e. The molecule has 0 saturated carbocycles. The molecule has 1 atom stereocenters. The van der Waals surface area contributed by atoms with Gasteiger partial charge in [-0.3, -0.25) is 4.79 Å². The molecule has 0 N–H and O–H groups in total. The summed E-state index contributed by atoms with van der Waals surface area (Å²) in [4.78, 5) is 18.4. The van der Waals surface area contributed by atoms with E-state index in [1.54, 1.807) is 36.1 Å². The minimum absolute atomic E-state index is 0.0239. The molecule has 2 aromatic rings. The average Bonchev–Trinajstić information content (AvgIpc) is 3.06. The summed E-state index contributed by atoms with van der Waals surface area (Å²) in [6.07, 6.45) is 1.85. The fourth-order valence-electron chi connectivity index (χ4n) is 2.76. The monoisotopic (exact) mass is 326 g/mol. The lowest BCUT2D eigenvalue weighted by Gasteiger charge is -2.31. The van der Waals surface area contributed by atoms with Gasteiger partial charge in [0.25, 0.3) is 5.91 Å². The minimum atomic E-state index is -0.0655. The standard InChI is InChI=1S/C17H18N4O3/c1-12-19-17(20-24-12)14-3-2-8-21(10-14)16(22)11-23-15-6-4-13(9-18)5-7-15/h4-7,14H,2-3,8,10-11H2,1H3/t14-/m1/s1.